The van der Waals surface area contributed by atoms with Crippen LogP contribution in [0.2, 0.25) is 0 Å². The maximum atomic E-state index is 12.5. The van der Waals surface area contributed by atoms with Crippen LogP contribution in [-0.4, -0.2) is 21.6 Å². The van der Waals surface area contributed by atoms with Gasteiger partial charge in [-0.2, -0.15) is 5.10 Å². The third-order valence-electron chi connectivity index (χ3n) is 3.45. The Labute approximate surface area is 115 Å². The predicted octanol–water partition coefficient (Wildman–Crippen LogP) is 0.988. The summed E-state index contributed by atoms with van der Waals surface area (Å²) in [5, 5.41) is 4.07. The molecule has 1 aliphatic rings. The molecule has 0 bridgehead atoms. The summed E-state index contributed by atoms with van der Waals surface area (Å²) >= 11 is 0. The maximum absolute atomic E-state index is 12.5. The first-order chi connectivity index (χ1) is 9.54. The van der Waals surface area contributed by atoms with Gasteiger partial charge < -0.3 is 5.73 Å². The van der Waals surface area contributed by atoms with Gasteiger partial charge in [-0.1, -0.05) is 11.6 Å². The van der Waals surface area contributed by atoms with Crippen molar-refractivity contribution in [2.75, 3.05) is 4.90 Å². The second kappa shape index (κ2) is 4.28. The average Bonchev–Trinajstić information content (AvgIpc) is 2.89. The zero-order chi connectivity index (χ0) is 14.4. The Kier molecular flexibility index (Phi) is 2.69. The van der Waals surface area contributed by atoms with Gasteiger partial charge in [-0.05, 0) is 19.1 Å². The van der Waals surface area contributed by atoms with Gasteiger partial charge in [0.25, 0.3) is 11.8 Å². The van der Waals surface area contributed by atoms with Gasteiger partial charge in [0, 0.05) is 19.2 Å². The molecule has 0 atom stereocenters. The molecule has 0 spiro atoms. The smallest absolute Gasteiger partial charge is 0.267 e. The van der Waals surface area contributed by atoms with Crippen molar-refractivity contribution in [3.63, 3.8) is 0 Å². The largest absolute Gasteiger partial charge is 0.326 e. The van der Waals surface area contributed by atoms with Gasteiger partial charge in [0.15, 0.2) is 0 Å². The van der Waals surface area contributed by atoms with Gasteiger partial charge in [-0.3, -0.25) is 14.3 Å². The van der Waals surface area contributed by atoms with Crippen molar-refractivity contribution >= 4 is 17.6 Å². The molecule has 1 aliphatic heterocycles. The third kappa shape index (κ3) is 1.58. The average molecular weight is 270 g/mol. The van der Waals surface area contributed by atoms with Gasteiger partial charge in [-0.25, -0.2) is 4.90 Å². The highest BCUT2D eigenvalue weighted by atomic mass is 16.2. The number of nitrogens with zero attached hydrogens (tertiary/aromatic N) is 3. The van der Waals surface area contributed by atoms with Crippen molar-refractivity contribution in [2.45, 2.75) is 13.5 Å². The number of imide groups is 1. The summed E-state index contributed by atoms with van der Waals surface area (Å²) in [5.74, 6) is -0.216. The van der Waals surface area contributed by atoms with E-state index < -0.39 is 0 Å². The summed E-state index contributed by atoms with van der Waals surface area (Å²) in [7, 11) is 1.68. The number of anilines is 1. The SMILES string of the molecule is Cc1ccc2c(c1)C(=O)N(c1c(CN)cnn1C)C2=O. The minimum atomic E-state index is -0.330. The van der Waals surface area contributed by atoms with Crippen LogP contribution in [0.3, 0.4) is 0 Å². The Morgan fingerprint density at radius 1 is 1.20 bits per heavy atom. The van der Waals surface area contributed by atoms with Crippen LogP contribution in [0.1, 0.15) is 31.8 Å². The molecule has 2 N–H and O–H groups in total. The van der Waals surface area contributed by atoms with Crippen molar-refractivity contribution < 1.29 is 9.59 Å². The van der Waals surface area contributed by atoms with Gasteiger partial charge in [0.2, 0.25) is 0 Å². The number of carbonyl (C=O) groups excluding carboxylic acids is 2. The zero-order valence-corrected chi connectivity index (χ0v) is 11.3. The van der Waals surface area contributed by atoms with Crippen molar-refractivity contribution in [2.24, 2.45) is 12.8 Å². The molecule has 0 unspecified atom stereocenters. The molecule has 2 heterocycles. The molecule has 0 aliphatic carbocycles. The monoisotopic (exact) mass is 270 g/mol. The molecular formula is C14H14N4O2. The van der Waals surface area contributed by atoms with Crippen LogP contribution in [0, 0.1) is 6.92 Å². The highest BCUT2D eigenvalue weighted by molar-refractivity contribution is 6.34. The molecule has 1 aromatic carbocycles. The van der Waals surface area contributed by atoms with E-state index in [0.717, 1.165) is 10.5 Å². The number of hydrogen-bond donors (Lipinski definition) is 1. The van der Waals surface area contributed by atoms with E-state index in [1.807, 2.05) is 13.0 Å². The number of fused-ring (bicyclic) bond motifs is 1. The third-order valence-corrected chi connectivity index (χ3v) is 3.45. The number of carbonyl (C=O) groups is 2. The van der Waals surface area contributed by atoms with Gasteiger partial charge >= 0.3 is 0 Å². The minimum Gasteiger partial charge on any atom is -0.326 e. The van der Waals surface area contributed by atoms with E-state index in [9.17, 15) is 9.59 Å². The molecule has 0 saturated carbocycles. The summed E-state index contributed by atoms with van der Waals surface area (Å²) < 4.78 is 1.50. The fraction of sp³-hybridized carbons (Fsp3) is 0.214. The van der Waals surface area contributed by atoms with Crippen molar-refractivity contribution in [3.05, 3.63) is 46.6 Å². The number of amides is 2. The number of nitrogens with two attached hydrogens (primary N) is 1. The second-order valence-corrected chi connectivity index (χ2v) is 4.82. The van der Waals surface area contributed by atoms with E-state index in [-0.39, 0.29) is 18.4 Å². The number of aryl methyl sites for hydroxylation is 2. The van der Waals surface area contributed by atoms with E-state index in [2.05, 4.69) is 5.10 Å². The maximum Gasteiger partial charge on any atom is 0.267 e. The lowest BCUT2D eigenvalue weighted by Crippen LogP contribution is -2.32. The summed E-state index contributed by atoms with van der Waals surface area (Å²) in [6, 6.07) is 5.23. The fourth-order valence-electron chi connectivity index (χ4n) is 2.46. The standard InChI is InChI=1S/C14H14N4O2/c1-8-3-4-10-11(5-8)14(20)18(13(10)19)12-9(6-15)7-16-17(12)2/h3-5,7H,6,15H2,1-2H3. The van der Waals surface area contributed by atoms with Crippen molar-refractivity contribution in [1.29, 1.82) is 0 Å². The highest BCUT2D eigenvalue weighted by Crippen LogP contribution is 2.30. The lowest BCUT2D eigenvalue weighted by Gasteiger charge is -2.15. The Hall–Kier alpha value is -2.47. The van der Waals surface area contributed by atoms with Crippen LogP contribution in [0.15, 0.2) is 24.4 Å². The van der Waals surface area contributed by atoms with Crippen LogP contribution < -0.4 is 10.6 Å². The fourth-order valence-corrected chi connectivity index (χ4v) is 2.46. The van der Waals surface area contributed by atoms with Gasteiger partial charge in [-0.15, -0.1) is 0 Å². The van der Waals surface area contributed by atoms with Crippen LogP contribution in [0.5, 0.6) is 0 Å². The summed E-state index contributed by atoms with van der Waals surface area (Å²) in [5.41, 5.74) is 8.11. The highest BCUT2D eigenvalue weighted by Gasteiger charge is 2.39. The predicted molar refractivity (Wildman–Crippen MR) is 73.4 cm³/mol. The topological polar surface area (TPSA) is 81.2 Å². The minimum absolute atomic E-state index is 0.218. The number of aromatic nitrogens is 2. The van der Waals surface area contributed by atoms with E-state index in [0.29, 0.717) is 22.5 Å². The lowest BCUT2D eigenvalue weighted by molar-refractivity contribution is 0.0923. The van der Waals surface area contributed by atoms with E-state index in [4.69, 9.17) is 5.73 Å². The van der Waals surface area contributed by atoms with Gasteiger partial charge in [0.05, 0.1) is 17.3 Å². The molecule has 2 amide bonds. The molecule has 6 heteroatoms. The molecule has 2 aromatic rings. The van der Waals surface area contributed by atoms with E-state index >= 15 is 0 Å². The molecule has 20 heavy (non-hydrogen) atoms. The van der Waals surface area contributed by atoms with Crippen LogP contribution >= 0.6 is 0 Å². The van der Waals surface area contributed by atoms with Crippen molar-refractivity contribution in [1.82, 2.24) is 9.78 Å². The Bertz CT molecular complexity index is 733. The molecule has 0 saturated heterocycles. The van der Waals surface area contributed by atoms with Crippen LogP contribution in [0.25, 0.3) is 0 Å². The van der Waals surface area contributed by atoms with E-state index in [1.165, 1.54) is 4.68 Å². The lowest BCUT2D eigenvalue weighted by atomic mass is 10.1. The molecule has 1 aromatic heterocycles. The Morgan fingerprint density at radius 2 is 1.90 bits per heavy atom. The molecule has 3 rings (SSSR count). The summed E-state index contributed by atoms with van der Waals surface area (Å²) in [4.78, 5) is 26.1. The number of hydrogen-bond acceptors (Lipinski definition) is 4. The van der Waals surface area contributed by atoms with Gasteiger partial charge in [0.1, 0.15) is 5.82 Å². The second-order valence-electron chi connectivity index (χ2n) is 4.82. The normalized spacial score (nSPS) is 14.1. The first-order valence-corrected chi connectivity index (χ1v) is 6.25. The number of benzene rings is 1. The first-order valence-electron chi connectivity index (χ1n) is 6.25. The molecular weight excluding hydrogens is 256 g/mol. The van der Waals surface area contributed by atoms with Crippen LogP contribution in [-0.2, 0) is 13.6 Å². The van der Waals surface area contributed by atoms with E-state index in [1.54, 1.807) is 25.4 Å². The van der Waals surface area contributed by atoms with Crippen molar-refractivity contribution in [3.8, 4) is 0 Å². The Balaban J connectivity index is 2.17. The summed E-state index contributed by atoms with van der Waals surface area (Å²) in [6.07, 6.45) is 1.57. The zero-order valence-electron chi connectivity index (χ0n) is 11.3. The Morgan fingerprint density at radius 3 is 2.60 bits per heavy atom. The number of rotatable bonds is 2. The molecule has 6 nitrogen and oxygen atoms in total. The summed E-state index contributed by atoms with van der Waals surface area (Å²) in [6.45, 7) is 2.10. The first kappa shape index (κ1) is 12.6. The molecule has 0 fully saturated rings. The van der Waals surface area contributed by atoms with Crippen LogP contribution in [0.4, 0.5) is 5.82 Å². The molecule has 0 radical (unpaired) electrons. The quantitative estimate of drug-likeness (QED) is 0.825. The molecule has 102 valence electrons.